The van der Waals surface area contributed by atoms with Crippen molar-refractivity contribution in [2.24, 2.45) is 0 Å². The number of halogens is 1. The smallest absolute Gasteiger partial charge is 0.166 e. The number of benzene rings is 1. The zero-order valence-electron chi connectivity index (χ0n) is 13.9. The SMILES string of the molecule is COc1cc(-c2[nH]c(-c3ccc(F)cc3)nc2-c2ccoc2)cnc1N. The molecule has 0 spiro atoms. The van der Waals surface area contributed by atoms with Crippen LogP contribution in [0.4, 0.5) is 10.2 Å². The molecule has 4 aromatic rings. The van der Waals surface area contributed by atoms with E-state index in [0.717, 1.165) is 22.4 Å². The highest BCUT2D eigenvalue weighted by atomic mass is 19.1. The fourth-order valence-corrected chi connectivity index (χ4v) is 2.69. The van der Waals surface area contributed by atoms with Crippen molar-refractivity contribution in [1.29, 1.82) is 0 Å². The van der Waals surface area contributed by atoms with E-state index in [1.807, 2.05) is 6.07 Å². The Bertz CT molecular complexity index is 1040. The van der Waals surface area contributed by atoms with Crippen LogP contribution in [0.25, 0.3) is 33.9 Å². The number of hydrogen-bond donors (Lipinski definition) is 2. The average Bonchev–Trinajstić information content (AvgIpc) is 3.32. The highest BCUT2D eigenvalue weighted by Crippen LogP contribution is 2.35. The summed E-state index contributed by atoms with van der Waals surface area (Å²) in [6.07, 6.45) is 4.83. The minimum Gasteiger partial charge on any atom is -0.493 e. The molecular formula is C19H15FN4O2. The lowest BCUT2D eigenvalue weighted by atomic mass is 10.1. The zero-order chi connectivity index (χ0) is 18.1. The number of aromatic amines is 1. The second-order valence-corrected chi connectivity index (χ2v) is 5.64. The Balaban J connectivity index is 1.89. The Labute approximate surface area is 148 Å². The summed E-state index contributed by atoms with van der Waals surface area (Å²) in [5.41, 5.74) is 9.55. The van der Waals surface area contributed by atoms with Crippen LogP contribution >= 0.6 is 0 Å². The number of pyridine rings is 1. The molecule has 0 amide bonds. The maximum Gasteiger partial charge on any atom is 0.166 e. The summed E-state index contributed by atoms with van der Waals surface area (Å²) in [4.78, 5) is 12.1. The first-order valence-corrected chi connectivity index (χ1v) is 7.84. The van der Waals surface area contributed by atoms with Crippen LogP contribution < -0.4 is 10.5 Å². The normalized spacial score (nSPS) is 10.8. The number of nitrogens with one attached hydrogen (secondary N) is 1. The van der Waals surface area contributed by atoms with Crippen molar-refractivity contribution in [2.75, 3.05) is 12.8 Å². The molecule has 1 aromatic carbocycles. The predicted octanol–water partition coefficient (Wildman–Crippen LogP) is 4.13. The van der Waals surface area contributed by atoms with Gasteiger partial charge in [0.2, 0.25) is 0 Å². The predicted molar refractivity (Wildman–Crippen MR) is 95.9 cm³/mol. The molecule has 0 saturated heterocycles. The third-order valence-electron chi connectivity index (χ3n) is 4.01. The lowest BCUT2D eigenvalue weighted by molar-refractivity contribution is 0.415. The molecule has 0 aliphatic heterocycles. The fourth-order valence-electron chi connectivity index (χ4n) is 2.69. The average molecular weight is 350 g/mol. The van der Waals surface area contributed by atoms with E-state index in [-0.39, 0.29) is 5.82 Å². The number of hydrogen-bond acceptors (Lipinski definition) is 5. The van der Waals surface area contributed by atoms with Gasteiger partial charge in [-0.2, -0.15) is 0 Å². The number of imidazole rings is 1. The lowest BCUT2D eigenvalue weighted by Gasteiger charge is -2.06. The topological polar surface area (TPSA) is 90.0 Å². The number of nitrogen functional groups attached to an aromatic ring is 1. The number of aromatic nitrogens is 3. The lowest BCUT2D eigenvalue weighted by Crippen LogP contribution is -1.96. The monoisotopic (exact) mass is 350 g/mol. The number of methoxy groups -OCH3 is 1. The Morgan fingerprint density at radius 3 is 2.62 bits per heavy atom. The van der Waals surface area contributed by atoms with E-state index in [1.165, 1.54) is 19.2 Å². The van der Waals surface area contributed by atoms with E-state index in [9.17, 15) is 4.39 Å². The van der Waals surface area contributed by atoms with Crippen LogP contribution in [0.15, 0.2) is 59.5 Å². The van der Waals surface area contributed by atoms with Gasteiger partial charge in [0.25, 0.3) is 0 Å². The number of nitrogens with zero attached hydrogens (tertiary/aromatic N) is 2. The van der Waals surface area contributed by atoms with E-state index >= 15 is 0 Å². The van der Waals surface area contributed by atoms with Gasteiger partial charge in [0.05, 0.1) is 25.3 Å². The molecule has 0 aliphatic rings. The van der Waals surface area contributed by atoms with Gasteiger partial charge in [0, 0.05) is 22.9 Å². The van der Waals surface area contributed by atoms with E-state index in [0.29, 0.717) is 23.1 Å². The van der Waals surface area contributed by atoms with Crippen molar-refractivity contribution in [2.45, 2.75) is 0 Å². The van der Waals surface area contributed by atoms with Gasteiger partial charge in [-0.15, -0.1) is 0 Å². The molecule has 3 heterocycles. The van der Waals surface area contributed by atoms with Crippen LogP contribution in [0.2, 0.25) is 0 Å². The maximum absolute atomic E-state index is 13.2. The molecule has 130 valence electrons. The second kappa shape index (κ2) is 6.36. The van der Waals surface area contributed by atoms with Crippen LogP contribution in [0.5, 0.6) is 5.75 Å². The van der Waals surface area contributed by atoms with Gasteiger partial charge < -0.3 is 19.9 Å². The summed E-state index contributed by atoms with van der Waals surface area (Å²) in [7, 11) is 1.53. The largest absolute Gasteiger partial charge is 0.493 e. The summed E-state index contributed by atoms with van der Waals surface area (Å²) < 4.78 is 23.7. The van der Waals surface area contributed by atoms with Crippen molar-refractivity contribution in [3.8, 4) is 39.7 Å². The van der Waals surface area contributed by atoms with Gasteiger partial charge in [0.1, 0.15) is 17.3 Å². The molecule has 0 saturated carbocycles. The molecular weight excluding hydrogens is 335 g/mol. The van der Waals surface area contributed by atoms with Crippen molar-refractivity contribution in [3.05, 3.63) is 60.9 Å². The summed E-state index contributed by atoms with van der Waals surface area (Å²) in [6, 6.07) is 9.72. The first-order chi connectivity index (χ1) is 12.7. The zero-order valence-corrected chi connectivity index (χ0v) is 13.9. The highest BCUT2D eigenvalue weighted by molar-refractivity contribution is 5.81. The molecule has 3 N–H and O–H groups in total. The van der Waals surface area contributed by atoms with E-state index in [1.54, 1.807) is 36.9 Å². The molecule has 0 unspecified atom stereocenters. The Hall–Kier alpha value is -3.61. The summed E-state index contributed by atoms with van der Waals surface area (Å²) in [6.45, 7) is 0. The highest BCUT2D eigenvalue weighted by Gasteiger charge is 2.17. The molecule has 6 nitrogen and oxygen atoms in total. The molecule has 0 radical (unpaired) electrons. The van der Waals surface area contributed by atoms with Gasteiger partial charge in [-0.25, -0.2) is 14.4 Å². The Morgan fingerprint density at radius 2 is 1.92 bits per heavy atom. The number of furan rings is 1. The molecule has 0 bridgehead atoms. The van der Waals surface area contributed by atoms with Gasteiger partial charge in [-0.3, -0.25) is 0 Å². The first kappa shape index (κ1) is 15.9. The molecule has 7 heteroatoms. The van der Waals surface area contributed by atoms with Gasteiger partial charge in [-0.05, 0) is 36.4 Å². The standard InChI is InChI=1S/C19H15FN4O2/c1-25-15-8-13(9-22-18(15)21)17-16(12-6-7-26-10-12)23-19(24-17)11-2-4-14(20)5-3-11/h2-10H,1H3,(H2,21,22)(H,23,24). The first-order valence-electron chi connectivity index (χ1n) is 7.84. The Morgan fingerprint density at radius 1 is 1.12 bits per heavy atom. The molecule has 4 rings (SSSR count). The molecule has 0 atom stereocenters. The maximum atomic E-state index is 13.2. The number of anilines is 1. The third-order valence-corrected chi connectivity index (χ3v) is 4.01. The molecule has 3 aromatic heterocycles. The number of ether oxygens (including phenoxy) is 1. The van der Waals surface area contributed by atoms with Crippen LogP contribution in [-0.4, -0.2) is 22.1 Å². The van der Waals surface area contributed by atoms with Crippen molar-refractivity contribution in [1.82, 2.24) is 15.0 Å². The second-order valence-electron chi connectivity index (χ2n) is 5.64. The third kappa shape index (κ3) is 2.79. The van der Waals surface area contributed by atoms with Crippen LogP contribution in [0.3, 0.4) is 0 Å². The summed E-state index contributed by atoms with van der Waals surface area (Å²) >= 11 is 0. The number of nitrogens with two attached hydrogens (primary N) is 1. The number of rotatable bonds is 4. The minimum atomic E-state index is -0.303. The van der Waals surface area contributed by atoms with Gasteiger partial charge in [-0.1, -0.05) is 0 Å². The Kier molecular flexibility index (Phi) is 3.89. The van der Waals surface area contributed by atoms with E-state index in [4.69, 9.17) is 14.9 Å². The molecule has 0 fully saturated rings. The number of H-pyrrole nitrogens is 1. The fraction of sp³-hybridized carbons (Fsp3) is 0.0526. The van der Waals surface area contributed by atoms with Crippen LogP contribution in [0, 0.1) is 5.82 Å². The van der Waals surface area contributed by atoms with Crippen molar-refractivity contribution in [3.63, 3.8) is 0 Å². The van der Waals surface area contributed by atoms with E-state index < -0.39 is 0 Å². The van der Waals surface area contributed by atoms with Crippen molar-refractivity contribution >= 4 is 5.82 Å². The summed E-state index contributed by atoms with van der Waals surface area (Å²) in [5.74, 6) is 1.08. The van der Waals surface area contributed by atoms with Crippen molar-refractivity contribution < 1.29 is 13.5 Å². The van der Waals surface area contributed by atoms with Gasteiger partial charge in [0.15, 0.2) is 11.6 Å². The minimum absolute atomic E-state index is 0.303. The van der Waals surface area contributed by atoms with Crippen LogP contribution in [-0.2, 0) is 0 Å². The van der Waals surface area contributed by atoms with Gasteiger partial charge >= 0.3 is 0 Å². The van der Waals surface area contributed by atoms with E-state index in [2.05, 4.69) is 15.0 Å². The van der Waals surface area contributed by atoms with Crippen LogP contribution in [0.1, 0.15) is 0 Å². The quantitative estimate of drug-likeness (QED) is 0.577. The molecule has 26 heavy (non-hydrogen) atoms. The molecule has 0 aliphatic carbocycles. The summed E-state index contributed by atoms with van der Waals surface area (Å²) in [5, 5.41) is 0.